The lowest BCUT2D eigenvalue weighted by molar-refractivity contribution is -0.119. The maximum atomic E-state index is 11.6. The van der Waals surface area contributed by atoms with Gasteiger partial charge in [-0.2, -0.15) is 0 Å². The van der Waals surface area contributed by atoms with Gasteiger partial charge in [-0.15, -0.1) is 0 Å². The Balaban J connectivity index is 1.97. The van der Waals surface area contributed by atoms with Crippen molar-refractivity contribution in [3.63, 3.8) is 0 Å². The van der Waals surface area contributed by atoms with Gasteiger partial charge in [-0.3, -0.25) is 9.79 Å². The Bertz CT molecular complexity index is 722. The average Bonchev–Trinajstić information content (AvgIpc) is 2.59. The maximum absolute atomic E-state index is 11.6. The first-order valence-corrected chi connectivity index (χ1v) is 7.41. The van der Waals surface area contributed by atoms with Gasteiger partial charge in [-0.1, -0.05) is 0 Å². The minimum Gasteiger partial charge on any atom is -0.484 e. The third kappa shape index (κ3) is 5.24. The van der Waals surface area contributed by atoms with Gasteiger partial charge in [0.25, 0.3) is 5.91 Å². The summed E-state index contributed by atoms with van der Waals surface area (Å²) >= 11 is 0. The Morgan fingerprint density at radius 2 is 1.75 bits per heavy atom. The molecule has 0 atom stereocenters. The summed E-state index contributed by atoms with van der Waals surface area (Å²) in [6, 6.07) is 13.9. The van der Waals surface area contributed by atoms with Crippen molar-refractivity contribution < 1.29 is 19.1 Å². The van der Waals surface area contributed by atoms with Crippen molar-refractivity contribution in [2.75, 3.05) is 13.2 Å². The van der Waals surface area contributed by atoms with Gasteiger partial charge in [0.2, 0.25) is 0 Å². The van der Waals surface area contributed by atoms with E-state index in [9.17, 15) is 9.59 Å². The largest absolute Gasteiger partial charge is 0.484 e. The zero-order valence-electron chi connectivity index (χ0n) is 13.3. The molecule has 6 nitrogen and oxygen atoms in total. The fourth-order valence-corrected chi connectivity index (χ4v) is 1.85. The van der Waals surface area contributed by atoms with Crippen molar-refractivity contribution in [1.82, 2.24) is 0 Å². The van der Waals surface area contributed by atoms with E-state index >= 15 is 0 Å². The minimum absolute atomic E-state index is 0.153. The third-order valence-electron chi connectivity index (χ3n) is 3.00. The summed E-state index contributed by atoms with van der Waals surface area (Å²) < 4.78 is 10.1. The normalized spacial score (nSPS) is 10.5. The number of amides is 1. The molecule has 0 aliphatic heterocycles. The van der Waals surface area contributed by atoms with Gasteiger partial charge in [-0.25, -0.2) is 4.79 Å². The van der Waals surface area contributed by atoms with Crippen LogP contribution in [-0.4, -0.2) is 31.3 Å². The van der Waals surface area contributed by atoms with Gasteiger partial charge in [0.15, 0.2) is 6.61 Å². The SMILES string of the molecule is CCOC(=O)c1ccc(N=Cc2ccc(OCC(N)=O)cc2)cc1. The van der Waals surface area contributed by atoms with Crippen LogP contribution in [0.1, 0.15) is 22.8 Å². The van der Waals surface area contributed by atoms with E-state index in [-0.39, 0.29) is 12.6 Å². The molecular weight excluding hydrogens is 308 g/mol. The van der Waals surface area contributed by atoms with Gasteiger partial charge in [-0.05, 0) is 61.0 Å². The molecule has 0 saturated heterocycles. The maximum Gasteiger partial charge on any atom is 0.338 e. The second-order valence-electron chi connectivity index (χ2n) is 4.85. The van der Waals surface area contributed by atoms with Crippen LogP contribution in [0.25, 0.3) is 0 Å². The molecule has 2 aromatic rings. The van der Waals surface area contributed by atoms with E-state index in [1.54, 1.807) is 49.5 Å². The number of hydrogen-bond acceptors (Lipinski definition) is 5. The van der Waals surface area contributed by atoms with E-state index in [0.717, 1.165) is 11.3 Å². The molecule has 0 fully saturated rings. The van der Waals surface area contributed by atoms with Crippen molar-refractivity contribution in [3.05, 3.63) is 59.7 Å². The topological polar surface area (TPSA) is 91.0 Å². The number of carbonyl (C=O) groups excluding carboxylic acids is 2. The fourth-order valence-electron chi connectivity index (χ4n) is 1.85. The highest BCUT2D eigenvalue weighted by atomic mass is 16.5. The number of ether oxygens (including phenoxy) is 2. The Hall–Kier alpha value is -3.15. The lowest BCUT2D eigenvalue weighted by Crippen LogP contribution is -2.19. The molecule has 1 amide bonds. The van der Waals surface area contributed by atoms with Crippen LogP contribution in [0.3, 0.4) is 0 Å². The molecule has 6 heteroatoms. The monoisotopic (exact) mass is 326 g/mol. The Labute approximate surface area is 139 Å². The molecule has 0 aliphatic rings. The highest BCUT2D eigenvalue weighted by Gasteiger charge is 2.04. The van der Waals surface area contributed by atoms with E-state index in [2.05, 4.69) is 4.99 Å². The van der Waals surface area contributed by atoms with Crippen LogP contribution in [0.2, 0.25) is 0 Å². The van der Waals surface area contributed by atoms with Crippen molar-refractivity contribution in [2.45, 2.75) is 6.92 Å². The molecule has 0 radical (unpaired) electrons. The fraction of sp³-hybridized carbons (Fsp3) is 0.167. The number of carbonyl (C=O) groups is 2. The van der Waals surface area contributed by atoms with Gasteiger partial charge >= 0.3 is 5.97 Å². The predicted octanol–water partition coefficient (Wildman–Crippen LogP) is 2.48. The van der Waals surface area contributed by atoms with E-state index in [4.69, 9.17) is 15.2 Å². The number of benzene rings is 2. The highest BCUT2D eigenvalue weighted by Crippen LogP contribution is 2.15. The summed E-state index contributed by atoms with van der Waals surface area (Å²) in [7, 11) is 0. The second kappa shape index (κ2) is 8.47. The van der Waals surface area contributed by atoms with Crippen LogP contribution in [0.5, 0.6) is 5.75 Å². The van der Waals surface area contributed by atoms with E-state index < -0.39 is 5.91 Å². The molecule has 24 heavy (non-hydrogen) atoms. The quantitative estimate of drug-likeness (QED) is 0.625. The number of nitrogens with zero attached hydrogens (tertiary/aromatic N) is 1. The van der Waals surface area contributed by atoms with Crippen LogP contribution in [0, 0.1) is 0 Å². The smallest absolute Gasteiger partial charge is 0.338 e. The zero-order chi connectivity index (χ0) is 17.4. The molecule has 0 spiro atoms. The van der Waals surface area contributed by atoms with Crippen molar-refractivity contribution in [2.24, 2.45) is 10.7 Å². The first-order chi connectivity index (χ1) is 11.6. The standard InChI is InChI=1S/C18H18N2O4/c1-2-23-18(22)14-5-7-15(8-6-14)20-11-13-3-9-16(10-4-13)24-12-17(19)21/h3-11H,2,12H2,1H3,(H2,19,21). The number of hydrogen-bond donors (Lipinski definition) is 1. The van der Waals surface area contributed by atoms with Crippen LogP contribution in [-0.2, 0) is 9.53 Å². The molecule has 0 saturated carbocycles. The molecule has 0 bridgehead atoms. The first kappa shape index (κ1) is 17.2. The predicted molar refractivity (Wildman–Crippen MR) is 90.8 cm³/mol. The number of rotatable bonds is 7. The molecule has 2 rings (SSSR count). The highest BCUT2D eigenvalue weighted by molar-refractivity contribution is 5.90. The number of nitrogens with two attached hydrogens (primary N) is 1. The van der Waals surface area contributed by atoms with E-state index in [1.807, 2.05) is 12.1 Å². The van der Waals surface area contributed by atoms with Crippen molar-refractivity contribution in [3.8, 4) is 5.75 Å². The molecule has 0 aromatic heterocycles. The average molecular weight is 326 g/mol. The van der Waals surface area contributed by atoms with Gasteiger partial charge in [0.05, 0.1) is 17.9 Å². The van der Waals surface area contributed by atoms with Crippen molar-refractivity contribution >= 4 is 23.8 Å². The zero-order valence-corrected chi connectivity index (χ0v) is 13.3. The summed E-state index contributed by atoms with van der Waals surface area (Å²) in [5, 5.41) is 0. The Morgan fingerprint density at radius 1 is 1.08 bits per heavy atom. The van der Waals surface area contributed by atoms with Crippen LogP contribution >= 0.6 is 0 Å². The number of primary amides is 1. The Kier molecular flexibility index (Phi) is 6.08. The molecule has 2 N–H and O–H groups in total. The summed E-state index contributed by atoms with van der Waals surface area (Å²) in [6.07, 6.45) is 1.69. The molecule has 2 aromatic carbocycles. The first-order valence-electron chi connectivity index (χ1n) is 7.41. The molecule has 0 heterocycles. The summed E-state index contributed by atoms with van der Waals surface area (Å²) in [5.41, 5.74) is 7.10. The summed E-state index contributed by atoms with van der Waals surface area (Å²) in [4.78, 5) is 26.5. The van der Waals surface area contributed by atoms with Crippen LogP contribution in [0.4, 0.5) is 5.69 Å². The van der Waals surface area contributed by atoms with Crippen molar-refractivity contribution in [1.29, 1.82) is 0 Å². The van der Waals surface area contributed by atoms with E-state index in [0.29, 0.717) is 17.9 Å². The minimum atomic E-state index is -0.521. The molecule has 124 valence electrons. The molecular formula is C18H18N2O4. The lowest BCUT2D eigenvalue weighted by Gasteiger charge is -2.03. The summed E-state index contributed by atoms with van der Waals surface area (Å²) in [6.45, 7) is 1.96. The number of esters is 1. The second-order valence-corrected chi connectivity index (χ2v) is 4.85. The molecule has 0 unspecified atom stereocenters. The van der Waals surface area contributed by atoms with Gasteiger partial charge in [0.1, 0.15) is 5.75 Å². The lowest BCUT2D eigenvalue weighted by atomic mass is 10.2. The van der Waals surface area contributed by atoms with Gasteiger partial charge < -0.3 is 15.2 Å². The van der Waals surface area contributed by atoms with Gasteiger partial charge in [0, 0.05) is 6.21 Å². The van der Waals surface area contributed by atoms with Crippen LogP contribution in [0.15, 0.2) is 53.5 Å². The third-order valence-corrected chi connectivity index (χ3v) is 3.00. The van der Waals surface area contributed by atoms with Crippen LogP contribution < -0.4 is 10.5 Å². The number of aliphatic imine (C=N–C) groups is 1. The van der Waals surface area contributed by atoms with E-state index in [1.165, 1.54) is 0 Å². The summed E-state index contributed by atoms with van der Waals surface area (Å²) in [5.74, 6) is -0.309. The Morgan fingerprint density at radius 3 is 2.33 bits per heavy atom. The molecule has 0 aliphatic carbocycles.